The maximum atomic E-state index is 11.2. The van der Waals surface area contributed by atoms with Crippen molar-refractivity contribution >= 4 is 18.2 Å². The highest BCUT2D eigenvalue weighted by Gasteiger charge is 2.25. The van der Waals surface area contributed by atoms with E-state index in [0.717, 1.165) is 35.7 Å². The Kier molecular flexibility index (Phi) is 7.65. The lowest BCUT2D eigenvalue weighted by molar-refractivity contribution is 0.0798. The van der Waals surface area contributed by atoms with Gasteiger partial charge < -0.3 is 14.2 Å². The van der Waals surface area contributed by atoms with Crippen LogP contribution in [-0.2, 0) is 32.2 Å². The van der Waals surface area contributed by atoms with Crippen molar-refractivity contribution in [3.8, 4) is 28.5 Å². The minimum atomic E-state index is -3.50. The highest BCUT2D eigenvalue weighted by Crippen LogP contribution is 2.35. The van der Waals surface area contributed by atoms with Crippen LogP contribution >= 0.6 is 0 Å². The maximum absolute atomic E-state index is 11.2. The molecule has 1 aromatic heterocycles. The van der Waals surface area contributed by atoms with Gasteiger partial charge >= 0.3 is 0 Å². The van der Waals surface area contributed by atoms with Crippen LogP contribution in [0.3, 0.4) is 0 Å². The minimum absolute atomic E-state index is 0.00882. The topological polar surface area (TPSA) is 88.9 Å². The fourth-order valence-electron chi connectivity index (χ4n) is 3.68. The van der Waals surface area contributed by atoms with Crippen LogP contribution in [0, 0.1) is 0 Å². The smallest absolute Gasteiger partial charge is 0.264 e. The molecule has 8 nitrogen and oxygen atoms in total. The quantitative estimate of drug-likeness (QED) is 0.203. The van der Waals surface area contributed by atoms with E-state index < -0.39 is 18.2 Å². The van der Waals surface area contributed by atoms with Gasteiger partial charge in [-0.15, -0.1) is 0 Å². The molecule has 2 aromatic carbocycles. The lowest BCUT2D eigenvalue weighted by atomic mass is 10.1. The largest absolute Gasteiger partial charge is 0.487 e. The number of nitrogens with zero attached hydrogens (tertiary/aromatic N) is 2. The molecular weight excluding hydrogens is 484 g/mol. The molecule has 2 heterocycles. The Morgan fingerprint density at radius 3 is 2.54 bits per heavy atom. The third-order valence-electron chi connectivity index (χ3n) is 5.56. The van der Waals surface area contributed by atoms with Crippen LogP contribution in [0.15, 0.2) is 54.7 Å². The van der Waals surface area contributed by atoms with Gasteiger partial charge in [0.05, 0.1) is 11.9 Å². The van der Waals surface area contributed by atoms with Crippen molar-refractivity contribution in [1.29, 1.82) is 0 Å². The number of hydrogen-bond acceptors (Lipinski definition) is 7. The zero-order chi connectivity index (χ0) is 25.1. The van der Waals surface area contributed by atoms with E-state index in [2.05, 4.69) is 24.7 Å². The first-order valence-corrected chi connectivity index (χ1v) is 17.1. The summed E-state index contributed by atoms with van der Waals surface area (Å²) in [7, 11) is -4.62. The Hall–Kier alpha value is -2.66. The van der Waals surface area contributed by atoms with Crippen molar-refractivity contribution in [2.75, 3.05) is 19.5 Å². The van der Waals surface area contributed by atoms with Gasteiger partial charge in [-0.3, -0.25) is 4.18 Å². The van der Waals surface area contributed by atoms with Crippen molar-refractivity contribution in [2.24, 2.45) is 0 Å². The van der Waals surface area contributed by atoms with Crippen LogP contribution in [0.1, 0.15) is 5.56 Å². The standard InChI is InChI=1S/C25H32N2O6SSi/c1-34(28,29)31-17-23-15-20-7-10-22(16-25(20)33-23)32-21-8-5-19(6-9-21)24-11-12-26-27(24)18-30-13-14-35(2,3)4/h5-12,16,23H,13-15,17-18H2,1-4H3. The maximum Gasteiger partial charge on any atom is 0.264 e. The number of ether oxygens (including phenoxy) is 3. The summed E-state index contributed by atoms with van der Waals surface area (Å²) < 4.78 is 46.9. The summed E-state index contributed by atoms with van der Waals surface area (Å²) in [6, 6.07) is 16.5. The monoisotopic (exact) mass is 516 g/mol. The Morgan fingerprint density at radius 2 is 1.83 bits per heavy atom. The number of fused-ring (bicyclic) bond motifs is 1. The van der Waals surface area contributed by atoms with E-state index in [-0.39, 0.29) is 12.7 Å². The molecule has 10 heteroatoms. The molecule has 0 amide bonds. The molecule has 0 saturated heterocycles. The molecule has 1 unspecified atom stereocenters. The molecule has 1 atom stereocenters. The summed E-state index contributed by atoms with van der Waals surface area (Å²) in [5.41, 5.74) is 3.00. The number of aromatic nitrogens is 2. The molecule has 1 aliphatic rings. The zero-order valence-electron chi connectivity index (χ0n) is 20.6. The molecule has 35 heavy (non-hydrogen) atoms. The molecule has 0 N–H and O–H groups in total. The van der Waals surface area contributed by atoms with E-state index in [4.69, 9.17) is 18.4 Å². The van der Waals surface area contributed by atoms with E-state index in [9.17, 15) is 8.42 Å². The molecule has 1 aliphatic heterocycles. The number of rotatable bonds is 11. The normalized spacial score (nSPS) is 15.6. The Bertz CT molecular complexity index is 1250. The van der Waals surface area contributed by atoms with Gasteiger partial charge in [0.2, 0.25) is 0 Å². The number of benzene rings is 2. The van der Waals surface area contributed by atoms with Crippen LogP contribution in [0.4, 0.5) is 0 Å². The summed E-state index contributed by atoms with van der Waals surface area (Å²) in [6.07, 6.45) is 3.07. The third kappa shape index (κ3) is 7.41. The van der Waals surface area contributed by atoms with Crippen molar-refractivity contribution in [2.45, 2.75) is 44.9 Å². The molecular formula is C25H32N2O6SSi. The zero-order valence-corrected chi connectivity index (χ0v) is 22.4. The van der Waals surface area contributed by atoms with Crippen LogP contribution in [0.5, 0.6) is 17.2 Å². The van der Waals surface area contributed by atoms with Gasteiger partial charge in [0.1, 0.15) is 36.7 Å². The lowest BCUT2D eigenvalue weighted by Gasteiger charge is -2.16. The van der Waals surface area contributed by atoms with Gasteiger partial charge in [-0.2, -0.15) is 13.5 Å². The summed E-state index contributed by atoms with van der Waals surface area (Å²) in [6.45, 7) is 8.17. The highest BCUT2D eigenvalue weighted by molar-refractivity contribution is 7.85. The fourth-order valence-corrected chi connectivity index (χ4v) is 4.83. The molecule has 0 fully saturated rings. The average molecular weight is 517 g/mol. The van der Waals surface area contributed by atoms with Crippen molar-refractivity contribution < 1.29 is 26.8 Å². The third-order valence-corrected chi connectivity index (χ3v) is 7.83. The van der Waals surface area contributed by atoms with E-state index >= 15 is 0 Å². The number of hydrogen-bond donors (Lipinski definition) is 0. The highest BCUT2D eigenvalue weighted by atomic mass is 32.2. The van der Waals surface area contributed by atoms with Gasteiger partial charge in [-0.1, -0.05) is 25.7 Å². The van der Waals surface area contributed by atoms with Crippen molar-refractivity contribution in [3.05, 3.63) is 60.3 Å². The van der Waals surface area contributed by atoms with Crippen molar-refractivity contribution in [1.82, 2.24) is 9.78 Å². The molecule has 0 bridgehead atoms. The molecule has 0 saturated carbocycles. The van der Waals surface area contributed by atoms with Gasteiger partial charge in [-0.25, -0.2) is 4.68 Å². The van der Waals surface area contributed by atoms with Crippen molar-refractivity contribution in [3.63, 3.8) is 0 Å². The average Bonchev–Trinajstić information content (AvgIpc) is 3.41. The summed E-state index contributed by atoms with van der Waals surface area (Å²) in [5, 5.41) is 4.40. The van der Waals surface area contributed by atoms with Gasteiger partial charge in [-0.05, 0) is 48.0 Å². The Labute approximate surface area is 207 Å². The molecule has 188 valence electrons. The predicted octanol–water partition coefficient (Wildman–Crippen LogP) is 4.93. The Balaban J connectivity index is 1.35. The first-order valence-electron chi connectivity index (χ1n) is 11.6. The van der Waals surface area contributed by atoms with Gasteiger partial charge in [0.15, 0.2) is 0 Å². The van der Waals surface area contributed by atoms with Crippen LogP contribution in [0.25, 0.3) is 11.3 Å². The molecule has 0 radical (unpaired) electrons. The van der Waals surface area contributed by atoms with Crippen LogP contribution in [-0.4, -0.2) is 51.8 Å². The second-order valence-electron chi connectivity index (χ2n) is 9.89. The van der Waals surface area contributed by atoms with E-state index in [1.165, 1.54) is 0 Å². The Morgan fingerprint density at radius 1 is 1.09 bits per heavy atom. The minimum Gasteiger partial charge on any atom is -0.487 e. The van der Waals surface area contributed by atoms with Crippen LogP contribution < -0.4 is 9.47 Å². The lowest BCUT2D eigenvalue weighted by Crippen LogP contribution is -2.22. The fraction of sp³-hybridized carbons (Fsp3) is 0.400. The molecule has 3 aromatic rings. The van der Waals surface area contributed by atoms with E-state index in [1.807, 2.05) is 53.2 Å². The summed E-state index contributed by atoms with van der Waals surface area (Å²) >= 11 is 0. The summed E-state index contributed by atoms with van der Waals surface area (Å²) in [5.74, 6) is 2.02. The van der Waals surface area contributed by atoms with E-state index in [0.29, 0.717) is 30.4 Å². The molecule has 0 aliphatic carbocycles. The second-order valence-corrected chi connectivity index (χ2v) is 17.2. The molecule has 4 rings (SSSR count). The summed E-state index contributed by atoms with van der Waals surface area (Å²) in [4.78, 5) is 0. The second kappa shape index (κ2) is 10.5. The SMILES string of the molecule is C[Si](C)(C)CCOCn1nccc1-c1ccc(Oc2ccc3c(c2)OC(COS(C)(=O)=O)C3)cc1. The van der Waals surface area contributed by atoms with Gasteiger partial charge in [0.25, 0.3) is 10.1 Å². The predicted molar refractivity (Wildman–Crippen MR) is 137 cm³/mol. The van der Waals surface area contributed by atoms with E-state index in [1.54, 1.807) is 6.20 Å². The van der Waals surface area contributed by atoms with Gasteiger partial charge in [0, 0.05) is 38.9 Å². The molecule has 0 spiro atoms. The first-order chi connectivity index (χ1) is 16.6. The van der Waals surface area contributed by atoms with Crippen LogP contribution in [0.2, 0.25) is 25.7 Å². The first kappa shape index (κ1) is 25.4.